The van der Waals surface area contributed by atoms with Gasteiger partial charge in [-0.25, -0.2) is 9.97 Å². The van der Waals surface area contributed by atoms with E-state index in [4.69, 9.17) is 16.3 Å². The average molecular weight is 508 g/mol. The van der Waals surface area contributed by atoms with Crippen LogP contribution in [0.2, 0.25) is 5.02 Å². The molecule has 1 aliphatic rings. The summed E-state index contributed by atoms with van der Waals surface area (Å²) in [5, 5.41) is 7.36. The number of anilines is 3. The molecule has 3 aromatic rings. The first-order chi connectivity index (χ1) is 17.3. The van der Waals surface area contributed by atoms with E-state index in [1.807, 2.05) is 25.4 Å². The maximum Gasteiger partial charge on any atom is 0.227 e. The number of aryl methyl sites for hydroxylation is 2. The van der Waals surface area contributed by atoms with Gasteiger partial charge in [0.1, 0.15) is 5.75 Å². The predicted molar refractivity (Wildman–Crippen MR) is 146 cm³/mol. The molecule has 1 saturated heterocycles. The van der Waals surface area contributed by atoms with Crippen molar-refractivity contribution >= 4 is 34.7 Å². The molecule has 2 N–H and O–H groups in total. The zero-order valence-electron chi connectivity index (χ0n) is 21.4. The summed E-state index contributed by atoms with van der Waals surface area (Å²) in [6, 6.07) is 11.9. The molecule has 8 heteroatoms. The van der Waals surface area contributed by atoms with E-state index in [1.165, 1.54) is 5.69 Å². The van der Waals surface area contributed by atoms with Crippen molar-refractivity contribution in [2.75, 3.05) is 37.0 Å². The molecule has 36 heavy (non-hydrogen) atoms. The lowest BCUT2D eigenvalue weighted by Crippen LogP contribution is -2.57. The van der Waals surface area contributed by atoms with Crippen molar-refractivity contribution in [1.29, 1.82) is 0 Å². The van der Waals surface area contributed by atoms with E-state index in [9.17, 15) is 4.79 Å². The molecule has 0 bridgehead atoms. The number of Topliss-reactive ketones (excluding diaryl/α,β-unsaturated/α-hetero) is 1. The highest BCUT2D eigenvalue weighted by Crippen LogP contribution is 2.31. The summed E-state index contributed by atoms with van der Waals surface area (Å²) in [6.45, 7) is 9.25. The van der Waals surface area contributed by atoms with Crippen LogP contribution in [0.15, 0.2) is 48.8 Å². The number of aromatic nitrogens is 2. The summed E-state index contributed by atoms with van der Waals surface area (Å²) in [5.41, 5.74) is 4.75. The summed E-state index contributed by atoms with van der Waals surface area (Å²) in [5.74, 6) is 1.13. The smallest absolute Gasteiger partial charge is 0.227 e. The number of carbonyl (C=O) groups is 1. The number of hydrogen-bond acceptors (Lipinski definition) is 7. The molecule has 2 aromatic carbocycles. The summed E-state index contributed by atoms with van der Waals surface area (Å²) in [6.07, 6.45) is 5.42. The lowest BCUT2D eigenvalue weighted by atomic mass is 10.0. The normalized spacial score (nSPS) is 15.0. The molecule has 2 heterocycles. The molecule has 0 unspecified atom stereocenters. The van der Waals surface area contributed by atoms with Crippen LogP contribution in [0.5, 0.6) is 5.75 Å². The van der Waals surface area contributed by atoms with Crippen LogP contribution in [-0.2, 0) is 12.8 Å². The van der Waals surface area contributed by atoms with E-state index in [0.717, 1.165) is 36.4 Å². The van der Waals surface area contributed by atoms with Crippen LogP contribution in [0.25, 0.3) is 0 Å². The summed E-state index contributed by atoms with van der Waals surface area (Å²) < 4.78 is 5.37. The summed E-state index contributed by atoms with van der Waals surface area (Å²) >= 11 is 6.50. The van der Waals surface area contributed by atoms with Crippen LogP contribution < -0.4 is 20.3 Å². The van der Waals surface area contributed by atoms with Crippen LogP contribution in [0.3, 0.4) is 0 Å². The number of hydrogen-bond donors (Lipinski definition) is 2. The fourth-order valence-corrected chi connectivity index (χ4v) is 4.71. The van der Waals surface area contributed by atoms with Crippen LogP contribution in [-0.4, -0.2) is 48.0 Å². The quantitative estimate of drug-likeness (QED) is 0.373. The molecular weight excluding hydrogens is 474 g/mol. The minimum atomic E-state index is 0.0646. The number of benzene rings is 2. The molecule has 0 spiro atoms. The van der Waals surface area contributed by atoms with Gasteiger partial charge in [0.25, 0.3) is 0 Å². The van der Waals surface area contributed by atoms with Crippen molar-refractivity contribution in [3.63, 3.8) is 0 Å². The average Bonchev–Trinajstić information content (AvgIpc) is 2.88. The topological polar surface area (TPSA) is 79.4 Å². The molecule has 0 saturated carbocycles. The number of carbonyl (C=O) groups excluding carboxylic acids is 1. The highest BCUT2D eigenvalue weighted by Gasteiger charge is 2.25. The van der Waals surface area contributed by atoms with Gasteiger partial charge in [-0.3, -0.25) is 4.79 Å². The zero-order valence-corrected chi connectivity index (χ0v) is 22.2. The van der Waals surface area contributed by atoms with Crippen molar-refractivity contribution < 1.29 is 9.53 Å². The van der Waals surface area contributed by atoms with E-state index in [0.29, 0.717) is 41.5 Å². The van der Waals surface area contributed by atoms with Gasteiger partial charge in [-0.1, -0.05) is 18.5 Å². The Balaban J connectivity index is 1.37. The van der Waals surface area contributed by atoms with Crippen molar-refractivity contribution in [2.45, 2.75) is 45.6 Å². The summed E-state index contributed by atoms with van der Waals surface area (Å²) in [4.78, 5) is 23.6. The first kappa shape index (κ1) is 25.9. The first-order valence-electron chi connectivity index (χ1n) is 12.4. The Hall–Kier alpha value is -3.16. The van der Waals surface area contributed by atoms with Gasteiger partial charge >= 0.3 is 0 Å². The lowest BCUT2D eigenvalue weighted by molar-refractivity contribution is 0.0987. The van der Waals surface area contributed by atoms with Gasteiger partial charge in [0.2, 0.25) is 5.95 Å². The largest absolute Gasteiger partial charge is 0.495 e. The van der Waals surface area contributed by atoms with Gasteiger partial charge in [-0.2, -0.15) is 0 Å². The molecule has 4 rings (SSSR count). The third-order valence-corrected chi connectivity index (χ3v) is 6.85. The molecular formula is C28H34ClN5O2. The SMILES string of the molecule is CCC(=O)c1cc(CCc2cnc(Nc3ccc(N4CCNC(C)(C)C4)cc3)nc2)c(Cl)c(OC)c1. The number of ketones is 1. The second kappa shape index (κ2) is 11.3. The van der Waals surface area contributed by atoms with Gasteiger partial charge < -0.3 is 20.3 Å². The van der Waals surface area contributed by atoms with Crippen LogP contribution >= 0.6 is 11.6 Å². The van der Waals surface area contributed by atoms with Crippen molar-refractivity contribution in [1.82, 2.24) is 15.3 Å². The number of methoxy groups -OCH3 is 1. The molecule has 0 amide bonds. The Bertz CT molecular complexity index is 1200. The van der Waals surface area contributed by atoms with Gasteiger partial charge in [0.05, 0.1) is 12.1 Å². The lowest BCUT2D eigenvalue weighted by Gasteiger charge is -2.40. The second-order valence-corrected chi connectivity index (χ2v) is 10.1. The fraction of sp³-hybridized carbons (Fsp3) is 0.393. The van der Waals surface area contributed by atoms with Gasteiger partial charge in [-0.15, -0.1) is 0 Å². The van der Waals surface area contributed by atoms with Crippen molar-refractivity contribution in [2.24, 2.45) is 0 Å². The fourth-order valence-electron chi connectivity index (χ4n) is 4.42. The highest BCUT2D eigenvalue weighted by atomic mass is 35.5. The number of rotatable bonds is 9. The molecule has 1 fully saturated rings. The molecule has 1 aliphatic heterocycles. The van der Waals surface area contributed by atoms with E-state index in [-0.39, 0.29) is 11.3 Å². The number of piperazine rings is 1. The Kier molecular flexibility index (Phi) is 8.11. The Morgan fingerprint density at radius 1 is 1.17 bits per heavy atom. The van der Waals surface area contributed by atoms with E-state index >= 15 is 0 Å². The standard InChI is InChI=1S/C28H34ClN5O2/c1-5-24(35)21-14-20(26(29)25(15-21)36-4)7-6-19-16-30-27(31-17-19)33-22-8-10-23(11-9-22)34-13-12-32-28(2,3)18-34/h8-11,14-17,32H,5-7,12-13,18H2,1-4H3,(H,30,31,33). The van der Waals surface area contributed by atoms with Gasteiger partial charge in [0, 0.05) is 60.9 Å². The maximum atomic E-state index is 12.2. The number of ether oxygens (including phenoxy) is 1. The second-order valence-electron chi connectivity index (χ2n) is 9.75. The van der Waals surface area contributed by atoms with Gasteiger partial charge in [0.15, 0.2) is 5.78 Å². The molecule has 0 radical (unpaired) electrons. The molecule has 1 aromatic heterocycles. The van der Waals surface area contributed by atoms with Crippen molar-refractivity contribution in [3.05, 3.63) is 70.5 Å². The van der Waals surface area contributed by atoms with E-state index < -0.39 is 0 Å². The van der Waals surface area contributed by atoms with Crippen molar-refractivity contribution in [3.8, 4) is 5.75 Å². The van der Waals surface area contributed by atoms with E-state index in [1.54, 1.807) is 13.2 Å². The molecule has 190 valence electrons. The zero-order chi connectivity index (χ0) is 25.7. The third-order valence-electron chi connectivity index (χ3n) is 6.43. The predicted octanol–water partition coefficient (Wildman–Crippen LogP) is 5.45. The maximum absolute atomic E-state index is 12.2. The summed E-state index contributed by atoms with van der Waals surface area (Å²) in [7, 11) is 1.56. The Labute approximate surface area is 218 Å². The monoisotopic (exact) mass is 507 g/mol. The molecule has 0 atom stereocenters. The van der Waals surface area contributed by atoms with E-state index in [2.05, 4.69) is 63.6 Å². The minimum absolute atomic E-state index is 0.0646. The Morgan fingerprint density at radius 3 is 2.53 bits per heavy atom. The van der Waals surface area contributed by atoms with Crippen LogP contribution in [0, 0.1) is 0 Å². The first-order valence-corrected chi connectivity index (χ1v) is 12.7. The third kappa shape index (κ3) is 6.33. The minimum Gasteiger partial charge on any atom is -0.495 e. The molecule has 7 nitrogen and oxygen atoms in total. The Morgan fingerprint density at radius 2 is 1.89 bits per heavy atom. The number of halogens is 1. The molecule has 0 aliphatic carbocycles. The number of nitrogens with one attached hydrogen (secondary N) is 2. The van der Waals surface area contributed by atoms with Crippen LogP contribution in [0.1, 0.15) is 48.7 Å². The van der Waals surface area contributed by atoms with Gasteiger partial charge in [-0.05, 0) is 74.2 Å². The van der Waals surface area contributed by atoms with Crippen LogP contribution in [0.4, 0.5) is 17.3 Å². The highest BCUT2D eigenvalue weighted by molar-refractivity contribution is 6.33. The number of nitrogens with zero attached hydrogens (tertiary/aromatic N) is 3.